The van der Waals surface area contributed by atoms with Crippen LogP contribution in [-0.4, -0.2) is 22.7 Å². The van der Waals surface area contributed by atoms with Crippen molar-refractivity contribution in [2.24, 2.45) is 0 Å². The van der Waals surface area contributed by atoms with Gasteiger partial charge in [0.05, 0.1) is 23.4 Å². The Morgan fingerprint density at radius 1 is 0.925 bits per heavy atom. The van der Waals surface area contributed by atoms with Crippen LogP contribution < -0.4 is 9.47 Å². The molecule has 0 saturated carbocycles. The molecular weight excluding hydrogens is 544 g/mol. The monoisotopic (exact) mass is 565 g/mol. The number of carboxylic acids is 1. The summed E-state index contributed by atoms with van der Waals surface area (Å²) < 4.78 is 96.2. The molecule has 4 aromatic rings. The van der Waals surface area contributed by atoms with E-state index in [2.05, 4.69) is 4.98 Å². The highest BCUT2D eigenvalue weighted by Crippen LogP contribution is 2.41. The number of rotatable bonds is 9. The van der Waals surface area contributed by atoms with Crippen LogP contribution >= 0.6 is 0 Å². The first kappa shape index (κ1) is 28.5. The molecule has 0 unspecified atom stereocenters. The number of carboxylic acid groups (broad SMARTS) is 1. The van der Waals surface area contributed by atoms with Crippen molar-refractivity contribution < 1.29 is 50.1 Å². The minimum atomic E-state index is -5.35. The van der Waals surface area contributed by atoms with Crippen molar-refractivity contribution >= 4 is 5.97 Å². The van der Waals surface area contributed by atoms with Gasteiger partial charge in [-0.2, -0.15) is 26.3 Å². The maximum Gasteiger partial charge on any atom is 0.417 e. The fourth-order valence-corrected chi connectivity index (χ4v) is 3.81. The first-order valence-corrected chi connectivity index (χ1v) is 11.7. The molecule has 1 heterocycles. The minimum absolute atomic E-state index is 0.241. The summed E-state index contributed by atoms with van der Waals surface area (Å²) in [6.07, 6.45) is -10.1. The minimum Gasteiger partial charge on any atom is -0.493 e. The third-order valence-corrected chi connectivity index (χ3v) is 5.79. The zero-order chi connectivity index (χ0) is 29.1. The normalized spacial score (nSPS) is 11.9. The lowest BCUT2D eigenvalue weighted by molar-refractivity contribution is -0.143. The van der Waals surface area contributed by atoms with Gasteiger partial charge >= 0.3 is 18.3 Å². The van der Waals surface area contributed by atoms with Crippen molar-refractivity contribution in [2.75, 3.05) is 6.61 Å². The quantitative estimate of drug-likeness (QED) is 0.211. The van der Waals surface area contributed by atoms with Crippen LogP contribution in [-0.2, 0) is 25.4 Å². The molecule has 12 heteroatoms. The predicted molar refractivity (Wildman–Crippen MR) is 130 cm³/mol. The molecule has 0 saturated heterocycles. The van der Waals surface area contributed by atoms with Gasteiger partial charge in [0, 0.05) is 12.0 Å². The van der Waals surface area contributed by atoms with E-state index in [1.165, 1.54) is 24.3 Å². The molecule has 3 aromatic carbocycles. The third-order valence-electron chi connectivity index (χ3n) is 5.79. The summed E-state index contributed by atoms with van der Waals surface area (Å²) in [7, 11) is 0. The lowest BCUT2D eigenvalue weighted by atomic mass is 10.0. The van der Waals surface area contributed by atoms with Gasteiger partial charge in [-0.1, -0.05) is 30.3 Å². The van der Waals surface area contributed by atoms with Gasteiger partial charge in [-0.15, -0.1) is 0 Å². The lowest BCUT2D eigenvalue weighted by Crippen LogP contribution is -2.18. The number of aromatic carboxylic acids is 1. The van der Waals surface area contributed by atoms with Crippen molar-refractivity contribution in [1.82, 2.24) is 4.98 Å². The van der Waals surface area contributed by atoms with Gasteiger partial charge in [0.15, 0.2) is 0 Å². The topological polar surface area (TPSA) is 81.8 Å². The zero-order valence-corrected chi connectivity index (χ0v) is 20.8. The smallest absolute Gasteiger partial charge is 0.417 e. The van der Waals surface area contributed by atoms with Crippen molar-refractivity contribution in [2.45, 2.75) is 32.3 Å². The van der Waals surface area contributed by atoms with Crippen molar-refractivity contribution in [3.8, 4) is 23.0 Å². The second-order valence-electron chi connectivity index (χ2n) is 8.62. The Morgan fingerprint density at radius 3 is 2.20 bits per heavy atom. The molecule has 1 N–H and O–H groups in total. The molecule has 4 rings (SSSR count). The van der Waals surface area contributed by atoms with E-state index in [1.807, 2.05) is 30.3 Å². The molecule has 0 aliphatic carbocycles. The number of benzene rings is 3. The number of hydrogen-bond acceptors (Lipinski definition) is 5. The van der Waals surface area contributed by atoms with Crippen LogP contribution in [0.1, 0.15) is 38.5 Å². The van der Waals surface area contributed by atoms with Crippen LogP contribution in [0.4, 0.5) is 26.3 Å². The van der Waals surface area contributed by atoms with Gasteiger partial charge in [-0.3, -0.25) is 0 Å². The molecule has 0 fully saturated rings. The lowest BCUT2D eigenvalue weighted by Gasteiger charge is -2.18. The van der Waals surface area contributed by atoms with E-state index in [1.54, 1.807) is 6.92 Å². The average molecular weight is 565 g/mol. The average Bonchev–Trinajstić information content (AvgIpc) is 3.27. The molecular formula is C28H21F6NO5. The summed E-state index contributed by atoms with van der Waals surface area (Å²) in [4.78, 5) is 16.0. The Bertz CT molecular complexity index is 1480. The van der Waals surface area contributed by atoms with E-state index in [-0.39, 0.29) is 18.7 Å². The van der Waals surface area contributed by atoms with Gasteiger partial charge < -0.3 is 19.0 Å². The van der Waals surface area contributed by atoms with Gasteiger partial charge in [0.1, 0.15) is 29.4 Å². The Hall–Kier alpha value is -4.48. The molecule has 0 aliphatic heterocycles. The first-order valence-electron chi connectivity index (χ1n) is 11.7. The maximum atomic E-state index is 13.4. The van der Waals surface area contributed by atoms with Crippen LogP contribution in [0.5, 0.6) is 11.5 Å². The molecule has 40 heavy (non-hydrogen) atoms. The van der Waals surface area contributed by atoms with Gasteiger partial charge in [-0.05, 0) is 48.9 Å². The molecule has 0 atom stereocenters. The summed E-state index contributed by atoms with van der Waals surface area (Å²) in [5, 5.41) is 9.29. The molecule has 6 nitrogen and oxygen atoms in total. The van der Waals surface area contributed by atoms with Crippen LogP contribution in [0, 0.1) is 6.92 Å². The van der Waals surface area contributed by atoms with Crippen molar-refractivity contribution in [3.05, 3.63) is 100 Å². The standard InChI is InChI=1S/C28H21F6NO5/c1-16-22(35-25(40-16)18-5-3-2-4-6-18)11-12-38-20-9-7-17(8-10-20)15-39-23-14-19(27(29,30)31)13-21(28(32,33)34)24(23)26(36)37/h2-10,13-14H,11-12,15H2,1H3,(H,36,37). The number of nitrogens with zero attached hydrogens (tertiary/aromatic N) is 1. The van der Waals surface area contributed by atoms with Gasteiger partial charge in [0.25, 0.3) is 0 Å². The number of carbonyl (C=O) groups is 1. The number of oxazole rings is 1. The van der Waals surface area contributed by atoms with E-state index in [4.69, 9.17) is 13.9 Å². The van der Waals surface area contributed by atoms with Crippen LogP contribution in [0.15, 0.2) is 71.1 Å². The molecule has 0 aliphatic rings. The summed E-state index contributed by atoms with van der Waals surface area (Å²) >= 11 is 0. The Kier molecular flexibility index (Phi) is 8.08. The predicted octanol–water partition coefficient (Wildman–Crippen LogP) is 7.59. The third kappa shape index (κ3) is 6.74. The first-order chi connectivity index (χ1) is 18.8. The number of hydrogen-bond donors (Lipinski definition) is 1. The fraction of sp³-hybridized carbons (Fsp3) is 0.214. The second kappa shape index (κ2) is 11.3. The molecule has 1 aromatic heterocycles. The van der Waals surface area contributed by atoms with Crippen LogP contribution in [0.2, 0.25) is 0 Å². The van der Waals surface area contributed by atoms with Crippen LogP contribution in [0.3, 0.4) is 0 Å². The van der Waals surface area contributed by atoms with E-state index in [0.29, 0.717) is 29.4 Å². The number of aromatic nitrogens is 1. The number of halogens is 6. The Balaban J connectivity index is 1.41. The number of ether oxygens (including phenoxy) is 2. The summed E-state index contributed by atoms with van der Waals surface area (Å²) in [5.74, 6) is -1.53. The van der Waals surface area contributed by atoms with E-state index >= 15 is 0 Å². The molecule has 0 spiro atoms. The van der Waals surface area contributed by atoms with Crippen molar-refractivity contribution in [3.63, 3.8) is 0 Å². The number of aryl methyl sites for hydroxylation is 1. The molecule has 210 valence electrons. The van der Waals surface area contributed by atoms with E-state index < -0.39 is 47.4 Å². The van der Waals surface area contributed by atoms with E-state index in [9.17, 15) is 36.2 Å². The van der Waals surface area contributed by atoms with Crippen LogP contribution in [0.25, 0.3) is 11.5 Å². The highest BCUT2D eigenvalue weighted by molar-refractivity contribution is 5.93. The van der Waals surface area contributed by atoms with Gasteiger partial charge in [-0.25, -0.2) is 9.78 Å². The molecule has 0 radical (unpaired) electrons. The molecule has 0 bridgehead atoms. The zero-order valence-electron chi connectivity index (χ0n) is 20.8. The Labute approximate surface area is 223 Å². The summed E-state index contributed by atoms with van der Waals surface area (Å²) in [6, 6.07) is 15.4. The maximum absolute atomic E-state index is 13.4. The summed E-state index contributed by atoms with van der Waals surface area (Å²) in [5.41, 5.74) is -3.12. The Morgan fingerprint density at radius 2 is 1.60 bits per heavy atom. The van der Waals surface area contributed by atoms with Crippen molar-refractivity contribution in [1.29, 1.82) is 0 Å². The second-order valence-corrected chi connectivity index (χ2v) is 8.62. The molecule has 0 amide bonds. The largest absolute Gasteiger partial charge is 0.493 e. The van der Waals surface area contributed by atoms with Gasteiger partial charge in [0.2, 0.25) is 5.89 Å². The highest BCUT2D eigenvalue weighted by atomic mass is 19.4. The highest BCUT2D eigenvalue weighted by Gasteiger charge is 2.41. The SMILES string of the molecule is Cc1oc(-c2ccccc2)nc1CCOc1ccc(COc2cc(C(F)(F)F)cc(C(F)(F)F)c2C(=O)O)cc1. The van der Waals surface area contributed by atoms with E-state index in [0.717, 1.165) is 11.3 Å². The fourth-order valence-electron chi connectivity index (χ4n) is 3.81. The number of alkyl halides is 6. The summed E-state index contributed by atoms with van der Waals surface area (Å²) in [6.45, 7) is 1.56.